The number of rotatable bonds is 3. The summed E-state index contributed by atoms with van der Waals surface area (Å²) in [6.45, 7) is 6.59. The van der Waals surface area contributed by atoms with E-state index < -0.39 is 0 Å². The summed E-state index contributed by atoms with van der Waals surface area (Å²) < 4.78 is 5.17. The Labute approximate surface area is 130 Å². The van der Waals surface area contributed by atoms with Crippen molar-refractivity contribution in [3.8, 4) is 0 Å². The maximum absolute atomic E-state index is 11.7. The van der Waals surface area contributed by atoms with E-state index in [9.17, 15) is 4.79 Å². The van der Waals surface area contributed by atoms with E-state index in [1.807, 2.05) is 36.1 Å². The van der Waals surface area contributed by atoms with Gasteiger partial charge in [-0.3, -0.25) is 9.69 Å². The monoisotopic (exact) mass is 299 g/mol. The van der Waals surface area contributed by atoms with Crippen LogP contribution in [-0.2, 0) is 11.3 Å². The Hall–Kier alpha value is -2.14. The lowest BCUT2D eigenvalue weighted by atomic mass is 10.0. The van der Waals surface area contributed by atoms with Gasteiger partial charge in [0, 0.05) is 39.2 Å². The van der Waals surface area contributed by atoms with Crippen LogP contribution in [0.3, 0.4) is 0 Å². The van der Waals surface area contributed by atoms with E-state index in [1.54, 1.807) is 6.92 Å². The summed E-state index contributed by atoms with van der Waals surface area (Å²) in [5.41, 5.74) is 2.17. The summed E-state index contributed by atoms with van der Waals surface area (Å²) >= 11 is 0. The summed E-state index contributed by atoms with van der Waals surface area (Å²) in [5, 5.41) is 4.09. The highest BCUT2D eigenvalue weighted by Crippen LogP contribution is 2.27. The van der Waals surface area contributed by atoms with Gasteiger partial charge in [-0.1, -0.05) is 35.5 Å². The lowest BCUT2D eigenvalue weighted by molar-refractivity contribution is -0.132. The lowest BCUT2D eigenvalue weighted by Crippen LogP contribution is -2.49. The van der Waals surface area contributed by atoms with E-state index in [4.69, 9.17) is 4.52 Å². The molecule has 0 saturated carbocycles. The molecule has 0 aliphatic carbocycles. The molecule has 1 atom stereocenters. The van der Waals surface area contributed by atoms with Gasteiger partial charge >= 0.3 is 0 Å². The Kier molecular flexibility index (Phi) is 4.24. The summed E-state index contributed by atoms with van der Waals surface area (Å²) in [7, 11) is 0. The number of aryl methyl sites for hydroxylation is 1. The van der Waals surface area contributed by atoms with Gasteiger partial charge in [-0.05, 0) is 12.5 Å². The molecular weight excluding hydrogens is 278 g/mol. The maximum Gasteiger partial charge on any atom is 0.219 e. The van der Waals surface area contributed by atoms with Crippen molar-refractivity contribution in [2.75, 3.05) is 19.6 Å². The van der Waals surface area contributed by atoms with E-state index in [0.29, 0.717) is 0 Å². The zero-order chi connectivity index (χ0) is 15.5. The molecule has 22 heavy (non-hydrogen) atoms. The molecule has 3 rings (SSSR count). The average molecular weight is 299 g/mol. The van der Waals surface area contributed by atoms with Gasteiger partial charge in [0.25, 0.3) is 0 Å². The highest BCUT2D eigenvalue weighted by atomic mass is 16.5. The van der Waals surface area contributed by atoms with Gasteiger partial charge < -0.3 is 9.42 Å². The van der Waals surface area contributed by atoms with Gasteiger partial charge in [0.2, 0.25) is 5.91 Å². The average Bonchev–Trinajstić information content (AvgIpc) is 2.93. The molecule has 2 heterocycles. The van der Waals surface area contributed by atoms with Gasteiger partial charge in [0.1, 0.15) is 5.76 Å². The Morgan fingerprint density at radius 1 is 1.32 bits per heavy atom. The van der Waals surface area contributed by atoms with Crippen LogP contribution >= 0.6 is 0 Å². The van der Waals surface area contributed by atoms with Crippen molar-refractivity contribution in [2.45, 2.75) is 26.4 Å². The van der Waals surface area contributed by atoms with Gasteiger partial charge in [-0.25, -0.2) is 0 Å². The molecule has 0 N–H and O–H groups in total. The highest BCUT2D eigenvalue weighted by molar-refractivity contribution is 5.73. The van der Waals surface area contributed by atoms with Crippen molar-refractivity contribution in [2.24, 2.45) is 0 Å². The fourth-order valence-corrected chi connectivity index (χ4v) is 2.99. The molecule has 0 unspecified atom stereocenters. The molecule has 1 aliphatic rings. The molecule has 0 bridgehead atoms. The number of hydrogen-bond acceptors (Lipinski definition) is 4. The summed E-state index contributed by atoms with van der Waals surface area (Å²) in [4.78, 5) is 16.0. The Bertz CT molecular complexity index is 638. The Morgan fingerprint density at radius 3 is 2.73 bits per heavy atom. The van der Waals surface area contributed by atoms with E-state index in [2.05, 4.69) is 22.2 Å². The molecular formula is C17H21N3O2. The van der Waals surface area contributed by atoms with Crippen molar-refractivity contribution in [3.05, 3.63) is 53.4 Å². The minimum Gasteiger partial charge on any atom is -0.361 e. The predicted octanol–water partition coefficient (Wildman–Crippen LogP) is 2.39. The van der Waals surface area contributed by atoms with Crippen molar-refractivity contribution in [3.63, 3.8) is 0 Å². The molecule has 1 aromatic heterocycles. The third-order valence-electron chi connectivity index (χ3n) is 4.16. The number of hydrogen-bond donors (Lipinski definition) is 0. The number of piperazine rings is 1. The third kappa shape index (κ3) is 3.20. The second-order valence-electron chi connectivity index (χ2n) is 5.79. The first-order chi connectivity index (χ1) is 10.6. The molecule has 1 aromatic carbocycles. The van der Waals surface area contributed by atoms with Crippen LogP contribution in [0.25, 0.3) is 0 Å². The minimum atomic E-state index is 0.137. The first-order valence-electron chi connectivity index (χ1n) is 7.60. The van der Waals surface area contributed by atoms with Crippen LogP contribution < -0.4 is 0 Å². The van der Waals surface area contributed by atoms with Crippen molar-refractivity contribution < 1.29 is 9.32 Å². The molecule has 1 amide bonds. The predicted molar refractivity (Wildman–Crippen MR) is 83.1 cm³/mol. The van der Waals surface area contributed by atoms with E-state index in [0.717, 1.165) is 37.6 Å². The molecule has 0 radical (unpaired) electrons. The lowest BCUT2D eigenvalue weighted by Gasteiger charge is -2.41. The van der Waals surface area contributed by atoms with Crippen molar-refractivity contribution in [1.82, 2.24) is 15.0 Å². The largest absolute Gasteiger partial charge is 0.361 e. The third-order valence-corrected chi connectivity index (χ3v) is 4.16. The number of nitrogens with zero attached hydrogens (tertiary/aromatic N) is 3. The second kappa shape index (κ2) is 6.32. The van der Waals surface area contributed by atoms with E-state index in [1.165, 1.54) is 5.56 Å². The number of carbonyl (C=O) groups is 1. The quantitative estimate of drug-likeness (QED) is 0.873. The molecule has 5 heteroatoms. The van der Waals surface area contributed by atoms with Crippen LogP contribution in [0, 0.1) is 6.92 Å². The molecule has 1 saturated heterocycles. The molecule has 1 aliphatic heterocycles. The van der Waals surface area contributed by atoms with Gasteiger partial charge in [0.15, 0.2) is 0 Å². The van der Waals surface area contributed by atoms with Gasteiger partial charge in [-0.15, -0.1) is 0 Å². The van der Waals surface area contributed by atoms with Gasteiger partial charge in [-0.2, -0.15) is 0 Å². The first kappa shape index (κ1) is 14.8. The zero-order valence-corrected chi connectivity index (χ0v) is 13.0. The molecule has 5 nitrogen and oxygen atoms in total. The number of benzene rings is 1. The van der Waals surface area contributed by atoms with Crippen LogP contribution in [0.1, 0.15) is 30.0 Å². The van der Waals surface area contributed by atoms with E-state index in [-0.39, 0.29) is 11.9 Å². The number of aromatic nitrogens is 1. The summed E-state index contributed by atoms with van der Waals surface area (Å²) in [6, 6.07) is 12.5. The highest BCUT2D eigenvalue weighted by Gasteiger charge is 2.29. The Morgan fingerprint density at radius 2 is 2.09 bits per heavy atom. The molecule has 1 fully saturated rings. The minimum absolute atomic E-state index is 0.137. The topological polar surface area (TPSA) is 49.6 Å². The van der Waals surface area contributed by atoms with Crippen molar-refractivity contribution >= 4 is 5.91 Å². The Balaban J connectivity index is 1.82. The normalized spacial score (nSPS) is 19.4. The fraction of sp³-hybridized carbons (Fsp3) is 0.412. The van der Waals surface area contributed by atoms with Crippen LogP contribution in [0.5, 0.6) is 0 Å². The van der Waals surface area contributed by atoms with Gasteiger partial charge in [0.05, 0.1) is 11.7 Å². The van der Waals surface area contributed by atoms with E-state index >= 15 is 0 Å². The van der Waals surface area contributed by atoms with Crippen molar-refractivity contribution in [1.29, 1.82) is 0 Å². The van der Waals surface area contributed by atoms with Crippen LogP contribution in [0.2, 0.25) is 0 Å². The van der Waals surface area contributed by atoms with Crippen LogP contribution in [0.15, 0.2) is 40.9 Å². The fourth-order valence-electron chi connectivity index (χ4n) is 2.99. The molecule has 2 aromatic rings. The van der Waals surface area contributed by atoms with Crippen LogP contribution in [-0.4, -0.2) is 40.5 Å². The first-order valence-corrected chi connectivity index (χ1v) is 7.60. The number of carbonyl (C=O) groups excluding carboxylic acids is 1. The van der Waals surface area contributed by atoms with Crippen LogP contribution in [0.4, 0.5) is 0 Å². The summed E-state index contributed by atoms with van der Waals surface area (Å²) in [5.74, 6) is 0.964. The summed E-state index contributed by atoms with van der Waals surface area (Å²) in [6.07, 6.45) is 0. The molecule has 116 valence electrons. The standard InChI is InChI=1S/C17H21N3O2/c1-13-10-16(18-22-13)11-20-9-8-19(14(2)21)12-17(20)15-6-4-3-5-7-15/h3-7,10,17H,8-9,11-12H2,1-2H3/t17-/m1/s1. The second-order valence-corrected chi connectivity index (χ2v) is 5.79. The zero-order valence-electron chi connectivity index (χ0n) is 13.0. The number of amides is 1. The molecule has 0 spiro atoms. The SMILES string of the molecule is CC(=O)N1CCN(Cc2cc(C)on2)[C@@H](c2ccccc2)C1. The maximum atomic E-state index is 11.7. The smallest absolute Gasteiger partial charge is 0.219 e.